The van der Waals surface area contributed by atoms with Gasteiger partial charge in [0, 0.05) is 0 Å². The van der Waals surface area contributed by atoms with Crippen LogP contribution in [0.4, 0.5) is 4.39 Å². The molecule has 0 aliphatic heterocycles. The molecule has 1 aliphatic rings. The van der Waals surface area contributed by atoms with Crippen LogP contribution in [0.3, 0.4) is 0 Å². The molecule has 2 heteroatoms. The fourth-order valence-electron chi connectivity index (χ4n) is 1.04. The molecular weight excluding hydrogens is 127 g/mol. The second kappa shape index (κ2) is 2.67. The Labute approximate surface area is 54.0 Å². The Hall–Kier alpha value is 0.220. The van der Waals surface area contributed by atoms with Gasteiger partial charge < -0.3 is 0 Å². The van der Waals surface area contributed by atoms with Crippen molar-refractivity contribution in [3.05, 3.63) is 0 Å². The fourth-order valence-corrected chi connectivity index (χ4v) is 1.32. The maximum atomic E-state index is 12.4. The van der Waals surface area contributed by atoms with Crippen molar-refractivity contribution in [1.82, 2.24) is 0 Å². The summed E-state index contributed by atoms with van der Waals surface area (Å²) in [7, 11) is 0. The Morgan fingerprint density at radius 2 is 1.88 bits per heavy atom. The normalized spacial score (nSPS) is 39.8. The largest absolute Gasteiger partial charge is 0.246 e. The minimum atomic E-state index is -0.731. The highest BCUT2D eigenvalue weighted by Crippen LogP contribution is 2.24. The van der Waals surface area contributed by atoms with Crippen LogP contribution in [0.1, 0.15) is 25.7 Å². The molecule has 8 heavy (non-hydrogen) atoms. The van der Waals surface area contributed by atoms with Gasteiger partial charge in [-0.15, -0.1) is 11.6 Å². The molecule has 0 aromatic heterocycles. The standard InChI is InChI=1S/C6H10ClF/c7-5-3-1-2-4-6(5)8/h5-6H,1-4H2/t5-,6-/m0/s1. The maximum Gasteiger partial charge on any atom is 0.116 e. The molecule has 0 amide bonds. The molecule has 0 N–H and O–H groups in total. The summed E-state index contributed by atoms with van der Waals surface area (Å²) in [6, 6.07) is 0. The van der Waals surface area contributed by atoms with E-state index in [1.807, 2.05) is 0 Å². The molecule has 1 fully saturated rings. The van der Waals surface area contributed by atoms with Gasteiger partial charge in [0.15, 0.2) is 0 Å². The Balaban J connectivity index is 2.28. The van der Waals surface area contributed by atoms with Gasteiger partial charge in [0.25, 0.3) is 0 Å². The first kappa shape index (κ1) is 6.34. The molecule has 0 nitrogen and oxygen atoms in total. The quantitative estimate of drug-likeness (QED) is 0.449. The third kappa shape index (κ3) is 1.35. The molecular formula is C6H10ClF. The van der Waals surface area contributed by atoms with Crippen LogP contribution in [0.25, 0.3) is 0 Å². The van der Waals surface area contributed by atoms with E-state index in [0.29, 0.717) is 6.42 Å². The summed E-state index contributed by atoms with van der Waals surface area (Å²) in [6.45, 7) is 0. The minimum absolute atomic E-state index is 0.191. The minimum Gasteiger partial charge on any atom is -0.246 e. The van der Waals surface area contributed by atoms with Crippen molar-refractivity contribution in [2.24, 2.45) is 0 Å². The van der Waals surface area contributed by atoms with E-state index < -0.39 is 6.17 Å². The molecule has 0 spiro atoms. The number of hydrogen-bond donors (Lipinski definition) is 0. The summed E-state index contributed by atoms with van der Waals surface area (Å²) >= 11 is 5.59. The van der Waals surface area contributed by atoms with Crippen LogP contribution in [0.5, 0.6) is 0 Å². The molecule has 0 aromatic carbocycles. The fraction of sp³-hybridized carbons (Fsp3) is 1.00. The molecule has 1 rings (SSSR count). The van der Waals surface area contributed by atoms with Gasteiger partial charge in [0.05, 0.1) is 5.38 Å². The predicted molar refractivity (Wildman–Crippen MR) is 33.0 cm³/mol. The summed E-state index contributed by atoms with van der Waals surface area (Å²) in [4.78, 5) is 0. The van der Waals surface area contributed by atoms with Crippen molar-refractivity contribution in [1.29, 1.82) is 0 Å². The van der Waals surface area contributed by atoms with Gasteiger partial charge in [-0.3, -0.25) is 0 Å². The van der Waals surface area contributed by atoms with E-state index in [-0.39, 0.29) is 5.38 Å². The van der Waals surface area contributed by atoms with E-state index in [9.17, 15) is 4.39 Å². The number of rotatable bonds is 0. The van der Waals surface area contributed by atoms with Gasteiger partial charge in [-0.05, 0) is 12.8 Å². The lowest BCUT2D eigenvalue weighted by molar-refractivity contribution is 0.256. The third-order valence-electron chi connectivity index (χ3n) is 1.60. The van der Waals surface area contributed by atoms with Gasteiger partial charge in [0.2, 0.25) is 0 Å². The highest BCUT2D eigenvalue weighted by Gasteiger charge is 2.21. The van der Waals surface area contributed by atoms with Crippen molar-refractivity contribution >= 4 is 11.6 Å². The smallest absolute Gasteiger partial charge is 0.116 e. The molecule has 1 aliphatic carbocycles. The number of alkyl halides is 2. The maximum absolute atomic E-state index is 12.4. The van der Waals surface area contributed by atoms with Crippen molar-refractivity contribution in [2.75, 3.05) is 0 Å². The second-order valence-electron chi connectivity index (χ2n) is 2.32. The average molecular weight is 137 g/mol. The number of hydrogen-bond acceptors (Lipinski definition) is 0. The highest BCUT2D eigenvalue weighted by atomic mass is 35.5. The lowest BCUT2D eigenvalue weighted by Crippen LogP contribution is -2.20. The zero-order chi connectivity index (χ0) is 5.98. The Morgan fingerprint density at radius 3 is 2.25 bits per heavy atom. The molecule has 48 valence electrons. The zero-order valence-corrected chi connectivity index (χ0v) is 5.49. The number of halogens is 2. The van der Waals surface area contributed by atoms with Gasteiger partial charge in [-0.25, -0.2) is 4.39 Å². The highest BCUT2D eigenvalue weighted by molar-refractivity contribution is 6.21. The lowest BCUT2D eigenvalue weighted by Gasteiger charge is -2.19. The Morgan fingerprint density at radius 1 is 1.25 bits per heavy atom. The Bertz CT molecular complexity index is 64.9. The monoisotopic (exact) mass is 136 g/mol. The van der Waals surface area contributed by atoms with Crippen LogP contribution >= 0.6 is 11.6 Å². The molecule has 0 heterocycles. The molecule has 2 atom stereocenters. The first-order valence-electron chi connectivity index (χ1n) is 3.09. The van der Waals surface area contributed by atoms with E-state index in [1.165, 1.54) is 0 Å². The summed E-state index contributed by atoms with van der Waals surface area (Å²) in [6.07, 6.45) is 2.93. The Kier molecular flexibility index (Phi) is 2.12. The first-order chi connectivity index (χ1) is 3.80. The van der Waals surface area contributed by atoms with Crippen molar-refractivity contribution in [2.45, 2.75) is 37.2 Å². The SMILES string of the molecule is F[C@H]1CCCC[C@@H]1Cl. The lowest BCUT2D eigenvalue weighted by atomic mass is 9.99. The van der Waals surface area contributed by atoms with Gasteiger partial charge >= 0.3 is 0 Å². The van der Waals surface area contributed by atoms with Crippen molar-refractivity contribution < 1.29 is 4.39 Å². The average Bonchev–Trinajstić information content (AvgIpc) is 1.77. The van der Waals surface area contributed by atoms with E-state index in [0.717, 1.165) is 19.3 Å². The van der Waals surface area contributed by atoms with Crippen LogP contribution in [0.2, 0.25) is 0 Å². The van der Waals surface area contributed by atoms with E-state index in [2.05, 4.69) is 0 Å². The first-order valence-corrected chi connectivity index (χ1v) is 3.52. The molecule has 0 unspecified atom stereocenters. The summed E-state index contributed by atoms with van der Waals surface area (Å²) in [5.41, 5.74) is 0. The van der Waals surface area contributed by atoms with Crippen LogP contribution in [-0.2, 0) is 0 Å². The second-order valence-corrected chi connectivity index (χ2v) is 2.88. The van der Waals surface area contributed by atoms with E-state index >= 15 is 0 Å². The van der Waals surface area contributed by atoms with E-state index in [1.54, 1.807) is 0 Å². The van der Waals surface area contributed by atoms with Gasteiger partial charge in [-0.1, -0.05) is 12.8 Å². The summed E-state index contributed by atoms with van der Waals surface area (Å²) in [5, 5.41) is -0.191. The predicted octanol–water partition coefficient (Wildman–Crippen LogP) is 2.51. The van der Waals surface area contributed by atoms with Crippen LogP contribution in [-0.4, -0.2) is 11.5 Å². The van der Waals surface area contributed by atoms with Gasteiger partial charge in [-0.2, -0.15) is 0 Å². The van der Waals surface area contributed by atoms with Crippen LogP contribution < -0.4 is 0 Å². The van der Waals surface area contributed by atoms with Gasteiger partial charge in [0.1, 0.15) is 6.17 Å². The zero-order valence-electron chi connectivity index (χ0n) is 4.74. The molecule has 0 bridgehead atoms. The molecule has 0 saturated heterocycles. The van der Waals surface area contributed by atoms with Crippen LogP contribution in [0.15, 0.2) is 0 Å². The summed E-state index contributed by atoms with van der Waals surface area (Å²) in [5.74, 6) is 0. The van der Waals surface area contributed by atoms with Crippen LogP contribution in [0, 0.1) is 0 Å². The van der Waals surface area contributed by atoms with E-state index in [4.69, 9.17) is 11.6 Å². The van der Waals surface area contributed by atoms with Crippen molar-refractivity contribution in [3.63, 3.8) is 0 Å². The summed E-state index contributed by atoms with van der Waals surface area (Å²) < 4.78 is 12.4. The molecule has 0 radical (unpaired) electrons. The van der Waals surface area contributed by atoms with Crippen molar-refractivity contribution in [3.8, 4) is 0 Å². The topological polar surface area (TPSA) is 0 Å². The molecule has 1 saturated carbocycles. The molecule has 0 aromatic rings. The third-order valence-corrected chi connectivity index (χ3v) is 2.09.